The first-order valence-corrected chi connectivity index (χ1v) is 10.4. The standard InChI is InChI=1S/C21H20ClN3O4S/c1-3-23-19(26)11-29-14-6-4-13(5-7-14)20(27)25-21-24-18(12-30-21)16-9-8-15(28-2)10-17(16)22/h4-10,12H,3,11H2,1-2H3,(H,23,26)(H,24,25,27). The molecule has 7 nitrogen and oxygen atoms in total. The van der Waals surface area contributed by atoms with E-state index in [0.717, 1.165) is 5.56 Å². The second-order valence-corrected chi connectivity index (χ2v) is 7.37. The zero-order valence-corrected chi connectivity index (χ0v) is 18.0. The molecule has 9 heteroatoms. The Bertz CT molecular complexity index is 1040. The van der Waals surface area contributed by atoms with Crippen molar-refractivity contribution in [2.45, 2.75) is 6.92 Å². The number of methoxy groups -OCH3 is 1. The number of hydrogen-bond acceptors (Lipinski definition) is 6. The molecule has 3 aromatic rings. The van der Waals surface area contributed by atoms with E-state index in [-0.39, 0.29) is 18.4 Å². The summed E-state index contributed by atoms with van der Waals surface area (Å²) in [5.74, 6) is 0.664. The van der Waals surface area contributed by atoms with Gasteiger partial charge in [-0.2, -0.15) is 0 Å². The number of amides is 2. The Hall–Kier alpha value is -3.10. The van der Waals surface area contributed by atoms with Crippen molar-refractivity contribution in [1.82, 2.24) is 10.3 Å². The maximum Gasteiger partial charge on any atom is 0.257 e. The van der Waals surface area contributed by atoms with Crippen molar-refractivity contribution in [3.8, 4) is 22.8 Å². The molecular weight excluding hydrogens is 426 g/mol. The van der Waals surface area contributed by atoms with E-state index in [1.54, 1.807) is 43.5 Å². The lowest BCUT2D eigenvalue weighted by molar-refractivity contribution is -0.122. The van der Waals surface area contributed by atoms with Gasteiger partial charge in [-0.3, -0.25) is 14.9 Å². The lowest BCUT2D eigenvalue weighted by Crippen LogP contribution is -2.28. The summed E-state index contributed by atoms with van der Waals surface area (Å²) in [5.41, 5.74) is 1.86. The van der Waals surface area contributed by atoms with Crippen LogP contribution in [-0.2, 0) is 4.79 Å². The summed E-state index contributed by atoms with van der Waals surface area (Å²) < 4.78 is 10.5. The number of nitrogens with zero attached hydrogens (tertiary/aromatic N) is 1. The molecule has 156 valence electrons. The number of hydrogen-bond donors (Lipinski definition) is 2. The highest BCUT2D eigenvalue weighted by atomic mass is 35.5. The molecule has 0 unspecified atom stereocenters. The zero-order chi connectivity index (χ0) is 21.5. The first-order valence-electron chi connectivity index (χ1n) is 9.10. The van der Waals surface area contributed by atoms with E-state index in [0.29, 0.717) is 39.5 Å². The summed E-state index contributed by atoms with van der Waals surface area (Å²) in [6.07, 6.45) is 0. The number of thiazole rings is 1. The molecule has 1 aromatic heterocycles. The quantitative estimate of drug-likeness (QED) is 0.541. The summed E-state index contributed by atoms with van der Waals surface area (Å²) in [6, 6.07) is 11.9. The third-order valence-corrected chi connectivity index (χ3v) is 5.11. The van der Waals surface area contributed by atoms with Crippen LogP contribution in [0.15, 0.2) is 47.8 Å². The van der Waals surface area contributed by atoms with Crippen LogP contribution in [0.2, 0.25) is 5.02 Å². The predicted molar refractivity (Wildman–Crippen MR) is 118 cm³/mol. The van der Waals surface area contributed by atoms with Gasteiger partial charge in [-0.15, -0.1) is 11.3 Å². The Morgan fingerprint density at radius 1 is 1.13 bits per heavy atom. The van der Waals surface area contributed by atoms with Gasteiger partial charge in [0, 0.05) is 23.1 Å². The van der Waals surface area contributed by atoms with Crippen molar-refractivity contribution in [3.05, 3.63) is 58.4 Å². The first kappa shape index (κ1) is 21.6. The average molecular weight is 446 g/mol. The topological polar surface area (TPSA) is 89.5 Å². The summed E-state index contributed by atoms with van der Waals surface area (Å²) >= 11 is 7.59. The van der Waals surface area contributed by atoms with Crippen LogP contribution in [0.5, 0.6) is 11.5 Å². The molecule has 0 atom stereocenters. The number of benzene rings is 2. The van der Waals surface area contributed by atoms with E-state index in [2.05, 4.69) is 15.6 Å². The summed E-state index contributed by atoms with van der Waals surface area (Å²) in [7, 11) is 1.57. The fourth-order valence-corrected chi connectivity index (χ4v) is 3.53. The number of likely N-dealkylation sites (N-methyl/N-ethyl adjacent to an activating group) is 1. The Labute approximate surface area is 183 Å². The van der Waals surface area contributed by atoms with Crippen LogP contribution in [0.25, 0.3) is 11.3 Å². The van der Waals surface area contributed by atoms with Gasteiger partial charge in [0.2, 0.25) is 0 Å². The van der Waals surface area contributed by atoms with Gasteiger partial charge in [0.25, 0.3) is 11.8 Å². The largest absolute Gasteiger partial charge is 0.497 e. The first-order chi connectivity index (χ1) is 14.5. The monoisotopic (exact) mass is 445 g/mol. The van der Waals surface area contributed by atoms with Gasteiger partial charge >= 0.3 is 0 Å². The molecule has 2 amide bonds. The molecule has 0 bridgehead atoms. The van der Waals surface area contributed by atoms with E-state index in [1.165, 1.54) is 11.3 Å². The lowest BCUT2D eigenvalue weighted by Gasteiger charge is -2.07. The fraction of sp³-hybridized carbons (Fsp3) is 0.190. The van der Waals surface area contributed by atoms with Crippen molar-refractivity contribution in [1.29, 1.82) is 0 Å². The number of aromatic nitrogens is 1. The summed E-state index contributed by atoms with van der Waals surface area (Å²) in [4.78, 5) is 28.4. The molecule has 0 saturated carbocycles. The molecular formula is C21H20ClN3O4S. The Balaban J connectivity index is 1.62. The molecule has 0 aliphatic carbocycles. The number of anilines is 1. The van der Waals surface area contributed by atoms with Gasteiger partial charge in [0.15, 0.2) is 11.7 Å². The lowest BCUT2D eigenvalue weighted by atomic mass is 10.1. The third-order valence-electron chi connectivity index (χ3n) is 4.04. The molecule has 0 radical (unpaired) electrons. The molecule has 3 rings (SSSR count). The summed E-state index contributed by atoms with van der Waals surface area (Å²) in [6.45, 7) is 2.31. The van der Waals surface area contributed by atoms with Crippen molar-refractivity contribution < 1.29 is 19.1 Å². The summed E-state index contributed by atoms with van der Waals surface area (Å²) in [5, 5.41) is 8.21. The molecule has 0 fully saturated rings. The van der Waals surface area contributed by atoms with E-state index in [9.17, 15) is 9.59 Å². The smallest absolute Gasteiger partial charge is 0.257 e. The second-order valence-electron chi connectivity index (χ2n) is 6.10. The molecule has 0 spiro atoms. The Kier molecular flexibility index (Phi) is 7.26. The molecule has 30 heavy (non-hydrogen) atoms. The van der Waals surface area contributed by atoms with Crippen LogP contribution in [0, 0.1) is 0 Å². The number of carbonyl (C=O) groups excluding carboxylic acids is 2. The highest BCUT2D eigenvalue weighted by molar-refractivity contribution is 7.14. The SMILES string of the molecule is CCNC(=O)COc1ccc(C(=O)Nc2nc(-c3ccc(OC)cc3Cl)cs2)cc1. The molecule has 2 aromatic carbocycles. The molecule has 2 N–H and O–H groups in total. The van der Waals surface area contributed by atoms with E-state index < -0.39 is 0 Å². The van der Waals surface area contributed by atoms with Gasteiger partial charge in [0.05, 0.1) is 17.8 Å². The van der Waals surface area contributed by atoms with Crippen LogP contribution >= 0.6 is 22.9 Å². The minimum absolute atomic E-state index is 0.0742. The van der Waals surface area contributed by atoms with Gasteiger partial charge in [-0.1, -0.05) is 11.6 Å². The highest BCUT2D eigenvalue weighted by Gasteiger charge is 2.13. The number of halogens is 1. The van der Waals surface area contributed by atoms with Crippen LogP contribution in [0.3, 0.4) is 0 Å². The molecule has 0 aliphatic heterocycles. The fourth-order valence-electron chi connectivity index (χ4n) is 2.55. The molecule has 1 heterocycles. The number of ether oxygens (including phenoxy) is 2. The van der Waals surface area contributed by atoms with Crippen molar-refractivity contribution in [2.24, 2.45) is 0 Å². The maximum atomic E-state index is 12.5. The van der Waals surface area contributed by atoms with E-state index >= 15 is 0 Å². The number of carbonyl (C=O) groups is 2. The van der Waals surface area contributed by atoms with Crippen molar-refractivity contribution >= 4 is 39.9 Å². The van der Waals surface area contributed by atoms with Gasteiger partial charge < -0.3 is 14.8 Å². The third kappa shape index (κ3) is 5.49. The minimum atomic E-state index is -0.299. The Morgan fingerprint density at radius 3 is 2.53 bits per heavy atom. The van der Waals surface area contributed by atoms with Gasteiger partial charge in [0.1, 0.15) is 11.5 Å². The van der Waals surface area contributed by atoms with Crippen LogP contribution in [0.4, 0.5) is 5.13 Å². The predicted octanol–water partition coefficient (Wildman–Crippen LogP) is 4.24. The minimum Gasteiger partial charge on any atom is -0.497 e. The molecule has 0 saturated heterocycles. The normalized spacial score (nSPS) is 10.4. The van der Waals surface area contributed by atoms with Crippen LogP contribution < -0.4 is 20.1 Å². The van der Waals surface area contributed by atoms with Gasteiger partial charge in [-0.25, -0.2) is 4.98 Å². The number of rotatable bonds is 8. The maximum absolute atomic E-state index is 12.5. The average Bonchev–Trinajstić information content (AvgIpc) is 3.20. The van der Waals surface area contributed by atoms with Gasteiger partial charge in [-0.05, 0) is 49.4 Å². The number of nitrogens with one attached hydrogen (secondary N) is 2. The molecule has 0 aliphatic rings. The van der Waals surface area contributed by atoms with Crippen molar-refractivity contribution in [2.75, 3.05) is 25.6 Å². The van der Waals surface area contributed by atoms with E-state index in [1.807, 2.05) is 18.4 Å². The van der Waals surface area contributed by atoms with Crippen molar-refractivity contribution in [3.63, 3.8) is 0 Å². The van der Waals surface area contributed by atoms with Crippen LogP contribution in [-0.4, -0.2) is 37.1 Å². The Morgan fingerprint density at radius 2 is 1.87 bits per heavy atom. The second kappa shape index (κ2) is 10.1. The zero-order valence-electron chi connectivity index (χ0n) is 16.4. The highest BCUT2D eigenvalue weighted by Crippen LogP contribution is 2.33. The van der Waals surface area contributed by atoms with Crippen LogP contribution in [0.1, 0.15) is 17.3 Å². The van der Waals surface area contributed by atoms with E-state index in [4.69, 9.17) is 21.1 Å².